The van der Waals surface area contributed by atoms with Gasteiger partial charge in [0.05, 0.1) is 6.54 Å². The number of benzene rings is 1. The van der Waals surface area contributed by atoms with Gasteiger partial charge in [-0.2, -0.15) is 0 Å². The van der Waals surface area contributed by atoms with Gasteiger partial charge in [0.15, 0.2) is 0 Å². The number of primary amides is 1. The minimum atomic E-state index is -0.909. The zero-order valence-electron chi connectivity index (χ0n) is 17.4. The molecule has 0 saturated carbocycles. The number of carbonyl (C=O) groups is 3. The van der Waals surface area contributed by atoms with E-state index in [0.29, 0.717) is 0 Å². The van der Waals surface area contributed by atoms with Crippen molar-refractivity contribution in [1.82, 2.24) is 5.32 Å². The number of hydrogen-bond donors (Lipinski definition) is 3. The maximum absolute atomic E-state index is 11.8. The Kier molecular flexibility index (Phi) is 14.6. The number of rotatable bonds is 6. The van der Waals surface area contributed by atoms with Crippen LogP contribution in [0, 0.1) is 6.92 Å². The molecule has 0 saturated heterocycles. The number of esters is 1. The van der Waals surface area contributed by atoms with Crippen molar-refractivity contribution in [2.24, 2.45) is 11.5 Å². The van der Waals surface area contributed by atoms with Gasteiger partial charge in [-0.1, -0.05) is 49.7 Å². The Labute approximate surface area is 162 Å². The summed E-state index contributed by atoms with van der Waals surface area (Å²) < 4.78 is 5.13. The molecule has 1 rings (SSSR count). The van der Waals surface area contributed by atoms with Crippen molar-refractivity contribution in [1.29, 1.82) is 0 Å². The summed E-state index contributed by atoms with van der Waals surface area (Å²) in [6.45, 7) is 11.0. The van der Waals surface area contributed by atoms with Crippen molar-refractivity contribution in [3.8, 4) is 0 Å². The van der Waals surface area contributed by atoms with E-state index in [-0.39, 0.29) is 19.4 Å². The third kappa shape index (κ3) is 16.8. The highest BCUT2D eigenvalue weighted by Gasteiger charge is 2.26. The maximum Gasteiger partial charge on any atom is 0.329 e. The molecule has 7 heteroatoms. The number of ether oxygens (including phenoxy) is 1. The van der Waals surface area contributed by atoms with Crippen molar-refractivity contribution >= 4 is 17.8 Å². The maximum atomic E-state index is 11.8. The molecule has 0 aliphatic carbocycles. The lowest BCUT2D eigenvalue weighted by molar-refractivity contribution is -0.158. The van der Waals surface area contributed by atoms with E-state index in [4.69, 9.17) is 16.2 Å². The van der Waals surface area contributed by atoms with Crippen LogP contribution in [0.1, 0.15) is 53.0 Å². The molecule has 0 aliphatic heterocycles. The zero-order chi connectivity index (χ0) is 21.5. The van der Waals surface area contributed by atoms with Crippen molar-refractivity contribution in [3.63, 3.8) is 0 Å². The standard InChI is InChI=1S/C11H21N3O4.C7H8.C2H6/c1-11(2,3)18-10(17)7(4-5-8(13)15)14-9(16)6-12;1-7-5-3-2-4-6-7;1-2/h7H,4-6,12H2,1-3H3,(H2,13,15)(H,14,16);2-6H,1H3;1-2H3. The quantitative estimate of drug-likeness (QED) is 0.651. The SMILES string of the molecule is CC.CC(C)(C)OC(=O)C(CCC(N)=O)NC(=O)CN.Cc1ccccc1. The summed E-state index contributed by atoms with van der Waals surface area (Å²) in [5.74, 6) is -1.65. The summed E-state index contributed by atoms with van der Waals surface area (Å²) >= 11 is 0. The van der Waals surface area contributed by atoms with Gasteiger partial charge in [-0.3, -0.25) is 9.59 Å². The Hall–Kier alpha value is -2.41. The van der Waals surface area contributed by atoms with Crippen molar-refractivity contribution in [2.45, 2.75) is 66.0 Å². The molecule has 1 unspecified atom stereocenters. The Morgan fingerprint density at radius 2 is 1.63 bits per heavy atom. The van der Waals surface area contributed by atoms with Gasteiger partial charge >= 0.3 is 5.97 Å². The zero-order valence-corrected chi connectivity index (χ0v) is 17.4. The van der Waals surface area contributed by atoms with Gasteiger partial charge in [-0.15, -0.1) is 0 Å². The van der Waals surface area contributed by atoms with Gasteiger partial charge in [0.25, 0.3) is 0 Å². The van der Waals surface area contributed by atoms with Crippen LogP contribution in [0.2, 0.25) is 0 Å². The van der Waals surface area contributed by atoms with Gasteiger partial charge in [0, 0.05) is 6.42 Å². The molecule has 2 amide bonds. The Bertz CT molecular complexity index is 554. The van der Waals surface area contributed by atoms with E-state index in [1.807, 2.05) is 32.0 Å². The molecule has 0 aliphatic rings. The molecule has 0 spiro atoms. The average molecular weight is 382 g/mol. The molecule has 7 nitrogen and oxygen atoms in total. The summed E-state index contributed by atoms with van der Waals surface area (Å²) in [5.41, 5.74) is 10.8. The van der Waals surface area contributed by atoms with E-state index in [0.717, 1.165) is 0 Å². The highest BCUT2D eigenvalue weighted by molar-refractivity contribution is 5.86. The topological polar surface area (TPSA) is 125 Å². The van der Waals surface area contributed by atoms with E-state index >= 15 is 0 Å². The third-order valence-corrected chi connectivity index (χ3v) is 2.83. The summed E-state index contributed by atoms with van der Waals surface area (Å²) in [6, 6.07) is 9.35. The lowest BCUT2D eigenvalue weighted by Gasteiger charge is -2.24. The van der Waals surface area contributed by atoms with Crippen LogP contribution in [-0.2, 0) is 19.1 Å². The number of nitrogens with one attached hydrogen (secondary N) is 1. The molecule has 0 aromatic heterocycles. The summed E-state index contributed by atoms with van der Waals surface area (Å²) in [7, 11) is 0. The van der Waals surface area contributed by atoms with Crippen LogP contribution in [0.3, 0.4) is 0 Å². The van der Waals surface area contributed by atoms with E-state index in [2.05, 4.69) is 24.4 Å². The highest BCUT2D eigenvalue weighted by Crippen LogP contribution is 2.10. The van der Waals surface area contributed by atoms with E-state index in [9.17, 15) is 14.4 Å². The molecule has 0 radical (unpaired) electrons. The fraction of sp³-hybridized carbons (Fsp3) is 0.550. The van der Waals surface area contributed by atoms with Gasteiger partial charge in [0.2, 0.25) is 11.8 Å². The van der Waals surface area contributed by atoms with Crippen LogP contribution in [-0.4, -0.2) is 36.0 Å². The molecule has 5 N–H and O–H groups in total. The van der Waals surface area contributed by atoms with E-state index in [1.54, 1.807) is 20.8 Å². The van der Waals surface area contributed by atoms with Crippen LogP contribution in [0.15, 0.2) is 30.3 Å². The second-order valence-corrected chi connectivity index (χ2v) is 6.52. The Morgan fingerprint density at radius 1 is 1.11 bits per heavy atom. The van der Waals surface area contributed by atoms with Gasteiger partial charge in [-0.25, -0.2) is 4.79 Å². The molecular weight excluding hydrogens is 346 g/mol. The van der Waals surface area contributed by atoms with Crippen LogP contribution >= 0.6 is 0 Å². The fourth-order valence-corrected chi connectivity index (χ4v) is 1.70. The minimum absolute atomic E-state index is 0.0191. The Balaban J connectivity index is 0. The van der Waals surface area contributed by atoms with Crippen molar-refractivity contribution < 1.29 is 19.1 Å². The lowest BCUT2D eigenvalue weighted by Crippen LogP contribution is -2.46. The first-order valence-electron chi connectivity index (χ1n) is 9.07. The normalized spacial score (nSPS) is 10.9. The number of carbonyl (C=O) groups excluding carboxylic acids is 3. The molecule has 1 atom stereocenters. The predicted molar refractivity (Wildman–Crippen MR) is 108 cm³/mol. The first kappa shape index (κ1) is 26.8. The van der Waals surface area contributed by atoms with Crippen molar-refractivity contribution in [3.05, 3.63) is 35.9 Å². The molecule has 0 bridgehead atoms. The van der Waals surface area contributed by atoms with Gasteiger partial charge < -0.3 is 21.5 Å². The number of nitrogens with two attached hydrogens (primary N) is 2. The molecule has 1 aromatic carbocycles. The van der Waals surface area contributed by atoms with Crippen LogP contribution in [0.25, 0.3) is 0 Å². The molecule has 1 aromatic rings. The van der Waals surface area contributed by atoms with Gasteiger partial charge in [0.1, 0.15) is 11.6 Å². The number of amides is 2. The first-order valence-corrected chi connectivity index (χ1v) is 9.07. The molecule has 27 heavy (non-hydrogen) atoms. The number of aryl methyl sites for hydroxylation is 1. The van der Waals surface area contributed by atoms with Crippen LogP contribution < -0.4 is 16.8 Å². The second-order valence-electron chi connectivity index (χ2n) is 6.52. The lowest BCUT2D eigenvalue weighted by atomic mass is 10.1. The van der Waals surface area contributed by atoms with Gasteiger partial charge in [-0.05, 0) is 34.1 Å². The predicted octanol–water partition coefficient (Wildman–Crippen LogP) is 2.06. The smallest absolute Gasteiger partial charge is 0.329 e. The monoisotopic (exact) mass is 381 g/mol. The van der Waals surface area contributed by atoms with E-state index in [1.165, 1.54) is 5.56 Å². The number of hydrogen-bond acceptors (Lipinski definition) is 5. The molecular formula is C20H35N3O4. The average Bonchev–Trinajstić information content (AvgIpc) is 2.59. The Morgan fingerprint density at radius 3 is 1.96 bits per heavy atom. The van der Waals surface area contributed by atoms with Crippen LogP contribution in [0.4, 0.5) is 0 Å². The van der Waals surface area contributed by atoms with E-state index < -0.39 is 29.4 Å². The summed E-state index contributed by atoms with van der Waals surface area (Å²) in [5, 5.41) is 2.40. The first-order chi connectivity index (χ1) is 12.5. The van der Waals surface area contributed by atoms with Crippen LogP contribution in [0.5, 0.6) is 0 Å². The molecule has 0 heterocycles. The molecule has 0 fully saturated rings. The summed E-state index contributed by atoms with van der Waals surface area (Å²) in [6.07, 6.45) is 0.0742. The second kappa shape index (κ2) is 14.7. The summed E-state index contributed by atoms with van der Waals surface area (Å²) in [4.78, 5) is 33.7. The van der Waals surface area contributed by atoms with Crippen molar-refractivity contribution in [2.75, 3.05) is 6.54 Å². The largest absolute Gasteiger partial charge is 0.458 e. The highest BCUT2D eigenvalue weighted by atomic mass is 16.6. The fourth-order valence-electron chi connectivity index (χ4n) is 1.70. The minimum Gasteiger partial charge on any atom is -0.458 e. The third-order valence-electron chi connectivity index (χ3n) is 2.83. The molecule has 154 valence electrons.